The Bertz CT molecular complexity index is 476. The molecule has 2 heterocycles. The molecule has 2 rings (SSSR count). The van der Waals surface area contributed by atoms with E-state index in [-0.39, 0.29) is 0 Å². The first-order valence-electron chi connectivity index (χ1n) is 6.48. The molecule has 104 valence electrons. The minimum atomic E-state index is -0.587. The molecule has 19 heavy (non-hydrogen) atoms. The zero-order chi connectivity index (χ0) is 14.0. The standard InChI is InChI=1S/C13H19N3O2S/c1-8-4-9(2)6-16(5-8)12(18)11(17)15-13-14-10(3)7-19-13/h7-9H,4-6H2,1-3H3,(H,14,15,17). The van der Waals surface area contributed by atoms with Crippen LogP contribution in [-0.4, -0.2) is 34.8 Å². The molecule has 1 saturated heterocycles. The molecule has 0 spiro atoms. The van der Waals surface area contributed by atoms with Crippen molar-refractivity contribution in [3.63, 3.8) is 0 Å². The van der Waals surface area contributed by atoms with E-state index in [0.29, 0.717) is 30.1 Å². The number of hydrogen-bond donors (Lipinski definition) is 1. The molecule has 0 aliphatic carbocycles. The summed E-state index contributed by atoms with van der Waals surface area (Å²) in [7, 11) is 0. The fraction of sp³-hybridized carbons (Fsp3) is 0.615. The largest absolute Gasteiger partial charge is 0.334 e. The van der Waals surface area contributed by atoms with E-state index in [2.05, 4.69) is 24.1 Å². The van der Waals surface area contributed by atoms with Gasteiger partial charge in [0, 0.05) is 18.5 Å². The van der Waals surface area contributed by atoms with Crippen LogP contribution in [0.1, 0.15) is 26.0 Å². The summed E-state index contributed by atoms with van der Waals surface area (Å²) in [6.45, 7) is 7.39. The van der Waals surface area contributed by atoms with Crippen molar-refractivity contribution in [2.75, 3.05) is 18.4 Å². The average molecular weight is 281 g/mol. The molecule has 6 heteroatoms. The van der Waals surface area contributed by atoms with Crippen molar-refractivity contribution in [3.8, 4) is 0 Å². The Morgan fingerprint density at radius 2 is 2.00 bits per heavy atom. The van der Waals surface area contributed by atoms with Gasteiger partial charge in [-0.05, 0) is 25.2 Å². The third-order valence-corrected chi connectivity index (χ3v) is 4.07. The van der Waals surface area contributed by atoms with E-state index in [1.807, 2.05) is 12.3 Å². The van der Waals surface area contributed by atoms with Crippen molar-refractivity contribution < 1.29 is 9.59 Å². The molecule has 0 radical (unpaired) electrons. The zero-order valence-electron chi connectivity index (χ0n) is 11.5. The summed E-state index contributed by atoms with van der Waals surface area (Å²) in [5.41, 5.74) is 0.841. The van der Waals surface area contributed by atoms with Crippen LogP contribution in [-0.2, 0) is 9.59 Å². The Morgan fingerprint density at radius 1 is 1.37 bits per heavy atom. The van der Waals surface area contributed by atoms with Crippen LogP contribution in [0.15, 0.2) is 5.38 Å². The number of aryl methyl sites for hydroxylation is 1. The maximum absolute atomic E-state index is 12.1. The molecule has 5 nitrogen and oxygen atoms in total. The van der Waals surface area contributed by atoms with Gasteiger partial charge in [-0.2, -0.15) is 0 Å². The zero-order valence-corrected chi connectivity index (χ0v) is 12.3. The van der Waals surface area contributed by atoms with Gasteiger partial charge >= 0.3 is 11.8 Å². The van der Waals surface area contributed by atoms with E-state index in [4.69, 9.17) is 0 Å². The topological polar surface area (TPSA) is 62.3 Å². The second-order valence-corrected chi connectivity index (χ2v) is 6.26. The van der Waals surface area contributed by atoms with Crippen LogP contribution in [0.25, 0.3) is 0 Å². The Kier molecular flexibility index (Phi) is 4.19. The van der Waals surface area contributed by atoms with Crippen molar-refractivity contribution in [1.29, 1.82) is 0 Å². The number of rotatable bonds is 1. The Balaban J connectivity index is 1.97. The number of amides is 2. The summed E-state index contributed by atoms with van der Waals surface area (Å²) < 4.78 is 0. The van der Waals surface area contributed by atoms with Gasteiger partial charge in [0.1, 0.15) is 0 Å². The normalized spacial score (nSPS) is 23.2. The number of carbonyl (C=O) groups excluding carboxylic acids is 2. The van der Waals surface area contributed by atoms with E-state index < -0.39 is 11.8 Å². The third kappa shape index (κ3) is 3.53. The number of aromatic nitrogens is 1. The van der Waals surface area contributed by atoms with Gasteiger partial charge in [0.05, 0.1) is 5.69 Å². The highest BCUT2D eigenvalue weighted by Crippen LogP contribution is 2.21. The van der Waals surface area contributed by atoms with Crippen LogP contribution in [0.4, 0.5) is 5.13 Å². The van der Waals surface area contributed by atoms with Crippen LogP contribution >= 0.6 is 11.3 Å². The van der Waals surface area contributed by atoms with E-state index in [1.165, 1.54) is 11.3 Å². The van der Waals surface area contributed by atoms with E-state index in [9.17, 15) is 9.59 Å². The van der Waals surface area contributed by atoms with Gasteiger partial charge in [-0.3, -0.25) is 14.9 Å². The summed E-state index contributed by atoms with van der Waals surface area (Å²) in [6, 6.07) is 0. The number of nitrogens with zero attached hydrogens (tertiary/aromatic N) is 2. The van der Waals surface area contributed by atoms with E-state index in [1.54, 1.807) is 4.90 Å². The highest BCUT2D eigenvalue weighted by Gasteiger charge is 2.29. The molecule has 0 aromatic carbocycles. The summed E-state index contributed by atoms with van der Waals surface area (Å²) in [5.74, 6) is -0.146. The van der Waals surface area contributed by atoms with Crippen molar-refractivity contribution in [2.24, 2.45) is 11.8 Å². The van der Waals surface area contributed by atoms with Crippen LogP contribution in [0, 0.1) is 18.8 Å². The van der Waals surface area contributed by atoms with Crippen molar-refractivity contribution in [3.05, 3.63) is 11.1 Å². The second kappa shape index (κ2) is 5.69. The fourth-order valence-corrected chi connectivity index (χ4v) is 3.22. The molecule has 2 amide bonds. The summed E-state index contributed by atoms with van der Waals surface area (Å²) in [6.07, 6.45) is 1.11. The first kappa shape index (κ1) is 14.0. The number of anilines is 1. The minimum absolute atomic E-state index is 0.447. The summed E-state index contributed by atoms with van der Waals surface area (Å²) in [5, 5.41) is 4.89. The Hall–Kier alpha value is -1.43. The molecule has 0 saturated carbocycles. The van der Waals surface area contributed by atoms with E-state index >= 15 is 0 Å². The highest BCUT2D eigenvalue weighted by atomic mass is 32.1. The van der Waals surface area contributed by atoms with Crippen molar-refractivity contribution in [1.82, 2.24) is 9.88 Å². The minimum Gasteiger partial charge on any atom is -0.334 e. The lowest BCUT2D eigenvalue weighted by atomic mass is 9.92. The van der Waals surface area contributed by atoms with Crippen LogP contribution in [0.5, 0.6) is 0 Å². The second-order valence-electron chi connectivity index (χ2n) is 5.40. The molecule has 1 aromatic heterocycles. The predicted octanol–water partition coefficient (Wildman–Crippen LogP) is 1.89. The SMILES string of the molecule is Cc1csc(NC(=O)C(=O)N2CC(C)CC(C)C2)n1. The molecule has 2 atom stereocenters. The molecule has 1 aliphatic rings. The summed E-state index contributed by atoms with van der Waals surface area (Å²) in [4.78, 5) is 29.8. The number of carbonyl (C=O) groups is 2. The smallest absolute Gasteiger partial charge is 0.315 e. The molecule has 1 N–H and O–H groups in total. The predicted molar refractivity (Wildman–Crippen MR) is 75.0 cm³/mol. The average Bonchev–Trinajstić information content (AvgIpc) is 2.72. The maximum Gasteiger partial charge on any atom is 0.315 e. The molecular weight excluding hydrogens is 262 g/mol. The first-order chi connectivity index (χ1) is 8.95. The first-order valence-corrected chi connectivity index (χ1v) is 7.36. The Labute approximate surface area is 117 Å². The van der Waals surface area contributed by atoms with Crippen molar-refractivity contribution in [2.45, 2.75) is 27.2 Å². The van der Waals surface area contributed by atoms with Crippen molar-refractivity contribution >= 4 is 28.3 Å². The van der Waals surface area contributed by atoms with E-state index in [0.717, 1.165) is 12.1 Å². The fourth-order valence-electron chi connectivity index (χ4n) is 2.53. The number of nitrogens with one attached hydrogen (secondary N) is 1. The van der Waals surface area contributed by atoms with Gasteiger partial charge in [0.2, 0.25) is 0 Å². The van der Waals surface area contributed by atoms with Crippen LogP contribution in [0.3, 0.4) is 0 Å². The van der Waals surface area contributed by atoms with Gasteiger partial charge in [-0.25, -0.2) is 4.98 Å². The van der Waals surface area contributed by atoms with Gasteiger partial charge < -0.3 is 4.90 Å². The van der Waals surface area contributed by atoms with Crippen LogP contribution in [0.2, 0.25) is 0 Å². The van der Waals surface area contributed by atoms with Gasteiger partial charge in [0.25, 0.3) is 0 Å². The van der Waals surface area contributed by atoms with Crippen LogP contribution < -0.4 is 5.32 Å². The summed E-state index contributed by atoms with van der Waals surface area (Å²) >= 11 is 1.33. The number of thiazole rings is 1. The number of likely N-dealkylation sites (tertiary alicyclic amines) is 1. The highest BCUT2D eigenvalue weighted by molar-refractivity contribution is 7.14. The monoisotopic (exact) mass is 281 g/mol. The van der Waals surface area contributed by atoms with Gasteiger partial charge in [0.15, 0.2) is 5.13 Å². The lowest BCUT2D eigenvalue weighted by Crippen LogP contribution is -2.47. The lowest BCUT2D eigenvalue weighted by Gasteiger charge is -2.34. The molecular formula is C13H19N3O2S. The lowest BCUT2D eigenvalue weighted by molar-refractivity contribution is -0.144. The quantitative estimate of drug-likeness (QED) is 0.800. The molecule has 2 unspecified atom stereocenters. The number of hydrogen-bond acceptors (Lipinski definition) is 4. The molecule has 1 aromatic rings. The molecule has 0 bridgehead atoms. The molecule has 1 aliphatic heterocycles. The van der Waals surface area contributed by atoms with Gasteiger partial charge in [-0.15, -0.1) is 11.3 Å². The number of piperidine rings is 1. The Morgan fingerprint density at radius 3 is 2.53 bits per heavy atom. The van der Waals surface area contributed by atoms with Gasteiger partial charge in [-0.1, -0.05) is 13.8 Å². The third-order valence-electron chi connectivity index (χ3n) is 3.19. The molecule has 1 fully saturated rings. The maximum atomic E-state index is 12.1.